The number of ether oxygens (including phenoxy) is 1. The van der Waals surface area contributed by atoms with Gasteiger partial charge in [0.25, 0.3) is 5.69 Å². The molecular formula is C11H8N2O5S. The van der Waals surface area contributed by atoms with E-state index in [4.69, 9.17) is 9.84 Å². The van der Waals surface area contributed by atoms with E-state index < -0.39 is 10.9 Å². The molecule has 0 aliphatic heterocycles. The number of nitro groups is 1. The Kier molecular flexibility index (Phi) is 3.71. The van der Waals surface area contributed by atoms with E-state index in [1.165, 1.54) is 23.5 Å². The van der Waals surface area contributed by atoms with Gasteiger partial charge in [-0.15, -0.1) is 11.3 Å². The molecule has 0 aliphatic carbocycles. The summed E-state index contributed by atoms with van der Waals surface area (Å²) in [6.07, 6.45) is 0. The summed E-state index contributed by atoms with van der Waals surface area (Å²) in [5, 5.41) is 21.4. The highest BCUT2D eigenvalue weighted by atomic mass is 32.1. The van der Waals surface area contributed by atoms with Crippen LogP contribution < -0.4 is 4.74 Å². The van der Waals surface area contributed by atoms with E-state index in [-0.39, 0.29) is 23.6 Å². The number of carbonyl (C=O) groups is 1. The molecule has 1 aromatic carbocycles. The molecule has 8 heteroatoms. The first-order valence-corrected chi connectivity index (χ1v) is 6.04. The van der Waals surface area contributed by atoms with Crippen molar-refractivity contribution in [3.05, 3.63) is 50.5 Å². The molecule has 1 N–H and O–H groups in total. The summed E-state index contributed by atoms with van der Waals surface area (Å²) in [5.41, 5.74) is 1.76. The fourth-order valence-corrected chi connectivity index (χ4v) is 1.93. The number of hydrogen-bond acceptors (Lipinski definition) is 6. The van der Waals surface area contributed by atoms with E-state index in [0.29, 0.717) is 5.69 Å². The number of aromatic carboxylic acids is 1. The van der Waals surface area contributed by atoms with Crippen LogP contribution in [0.15, 0.2) is 29.1 Å². The number of hydrogen-bond donors (Lipinski definition) is 1. The molecule has 0 saturated heterocycles. The summed E-state index contributed by atoms with van der Waals surface area (Å²) in [7, 11) is 0. The zero-order chi connectivity index (χ0) is 13.8. The smallest absolute Gasteiger partial charge is 0.339 e. The van der Waals surface area contributed by atoms with Gasteiger partial charge in [-0.2, -0.15) is 0 Å². The number of non-ortho nitro benzene ring substituents is 1. The lowest BCUT2D eigenvalue weighted by Crippen LogP contribution is -2.04. The van der Waals surface area contributed by atoms with Crippen molar-refractivity contribution in [1.29, 1.82) is 0 Å². The third-order valence-corrected chi connectivity index (χ3v) is 2.90. The Labute approximate surface area is 111 Å². The van der Waals surface area contributed by atoms with Crippen LogP contribution in [0.25, 0.3) is 0 Å². The Bertz CT molecular complexity index is 612. The molecule has 1 aromatic heterocycles. The van der Waals surface area contributed by atoms with Crippen LogP contribution >= 0.6 is 11.3 Å². The summed E-state index contributed by atoms with van der Waals surface area (Å²) < 4.78 is 5.32. The average Bonchev–Trinajstić information content (AvgIpc) is 2.89. The minimum Gasteiger partial charge on any atom is -0.486 e. The molecule has 0 atom stereocenters. The number of benzene rings is 1. The van der Waals surface area contributed by atoms with Gasteiger partial charge in [0.15, 0.2) is 0 Å². The molecule has 2 aromatic rings. The second-order valence-corrected chi connectivity index (χ2v) is 4.23. The van der Waals surface area contributed by atoms with Crippen molar-refractivity contribution in [3.8, 4) is 5.75 Å². The largest absolute Gasteiger partial charge is 0.486 e. The van der Waals surface area contributed by atoms with E-state index in [9.17, 15) is 14.9 Å². The standard InChI is InChI=1S/C11H8N2O5S/c14-11(15)9-3-8(13(16)17)1-2-10(9)18-4-7-5-19-6-12-7/h1-3,5-6H,4H2,(H,14,15). The molecule has 0 aliphatic rings. The Morgan fingerprint density at radius 2 is 2.32 bits per heavy atom. The monoisotopic (exact) mass is 280 g/mol. The normalized spacial score (nSPS) is 10.1. The topological polar surface area (TPSA) is 103 Å². The molecule has 0 fully saturated rings. The van der Waals surface area contributed by atoms with Gasteiger partial charge >= 0.3 is 5.97 Å². The molecule has 0 saturated carbocycles. The minimum atomic E-state index is -1.28. The van der Waals surface area contributed by atoms with E-state index in [2.05, 4.69) is 4.98 Å². The number of thiazole rings is 1. The van der Waals surface area contributed by atoms with Crippen LogP contribution in [0.4, 0.5) is 5.69 Å². The van der Waals surface area contributed by atoms with Crippen molar-refractivity contribution >= 4 is 23.0 Å². The van der Waals surface area contributed by atoms with Gasteiger partial charge in [0.05, 0.1) is 16.1 Å². The van der Waals surface area contributed by atoms with Gasteiger partial charge in [0.1, 0.15) is 17.9 Å². The molecule has 1 heterocycles. The molecule has 2 rings (SSSR count). The highest BCUT2D eigenvalue weighted by Gasteiger charge is 2.17. The SMILES string of the molecule is O=C(O)c1cc([N+](=O)[O-])ccc1OCc1cscn1. The van der Waals surface area contributed by atoms with Crippen LogP contribution in [0.5, 0.6) is 5.75 Å². The fourth-order valence-electron chi connectivity index (χ4n) is 1.39. The summed E-state index contributed by atoms with van der Waals surface area (Å²) >= 11 is 1.39. The predicted molar refractivity (Wildman–Crippen MR) is 66.5 cm³/mol. The fraction of sp³-hybridized carbons (Fsp3) is 0.0909. The third-order valence-electron chi connectivity index (χ3n) is 2.26. The van der Waals surface area contributed by atoms with Gasteiger partial charge in [0.2, 0.25) is 0 Å². The van der Waals surface area contributed by atoms with Gasteiger partial charge in [-0.1, -0.05) is 0 Å². The van der Waals surface area contributed by atoms with Crippen LogP contribution in [-0.4, -0.2) is 21.0 Å². The van der Waals surface area contributed by atoms with Gasteiger partial charge in [0, 0.05) is 17.5 Å². The minimum absolute atomic E-state index is 0.0751. The molecule has 0 amide bonds. The molecule has 0 spiro atoms. The number of nitro benzene ring substituents is 1. The summed E-state index contributed by atoms with van der Waals surface area (Å²) in [5.74, 6) is -1.21. The van der Waals surface area contributed by atoms with E-state index in [0.717, 1.165) is 6.07 Å². The summed E-state index contributed by atoms with van der Waals surface area (Å²) in [4.78, 5) is 25.0. The van der Waals surface area contributed by atoms with Crippen molar-refractivity contribution in [2.24, 2.45) is 0 Å². The Balaban J connectivity index is 2.24. The van der Waals surface area contributed by atoms with Crippen LogP contribution in [0.2, 0.25) is 0 Å². The summed E-state index contributed by atoms with van der Waals surface area (Å²) in [6.45, 7) is 0.113. The number of rotatable bonds is 5. The number of aromatic nitrogens is 1. The highest BCUT2D eigenvalue weighted by molar-refractivity contribution is 7.07. The van der Waals surface area contributed by atoms with Crippen LogP contribution in [0, 0.1) is 10.1 Å². The van der Waals surface area contributed by atoms with E-state index in [1.807, 2.05) is 0 Å². The lowest BCUT2D eigenvalue weighted by atomic mass is 10.2. The van der Waals surface area contributed by atoms with Crippen molar-refractivity contribution in [3.63, 3.8) is 0 Å². The van der Waals surface area contributed by atoms with Crippen molar-refractivity contribution in [2.45, 2.75) is 6.61 Å². The predicted octanol–water partition coefficient (Wildman–Crippen LogP) is 2.33. The van der Waals surface area contributed by atoms with Crippen molar-refractivity contribution < 1.29 is 19.6 Å². The molecule has 0 radical (unpaired) electrons. The molecule has 7 nitrogen and oxygen atoms in total. The second-order valence-electron chi connectivity index (χ2n) is 3.51. The lowest BCUT2D eigenvalue weighted by molar-refractivity contribution is -0.384. The Morgan fingerprint density at radius 3 is 2.89 bits per heavy atom. The summed E-state index contributed by atoms with van der Waals surface area (Å²) in [6, 6.07) is 3.44. The quantitative estimate of drug-likeness (QED) is 0.666. The third kappa shape index (κ3) is 3.05. The van der Waals surface area contributed by atoms with Crippen LogP contribution in [-0.2, 0) is 6.61 Å². The number of carboxylic acids is 1. The maximum absolute atomic E-state index is 11.0. The highest BCUT2D eigenvalue weighted by Crippen LogP contribution is 2.25. The Morgan fingerprint density at radius 1 is 1.53 bits per heavy atom. The first-order valence-electron chi connectivity index (χ1n) is 5.09. The zero-order valence-electron chi connectivity index (χ0n) is 9.48. The molecule has 98 valence electrons. The van der Waals surface area contributed by atoms with Crippen molar-refractivity contribution in [2.75, 3.05) is 0 Å². The zero-order valence-corrected chi connectivity index (χ0v) is 10.3. The maximum Gasteiger partial charge on any atom is 0.339 e. The first-order chi connectivity index (χ1) is 9.08. The maximum atomic E-state index is 11.0. The van der Waals surface area contributed by atoms with Crippen LogP contribution in [0.3, 0.4) is 0 Å². The molecule has 0 unspecified atom stereocenters. The second kappa shape index (κ2) is 5.44. The Hall–Kier alpha value is -2.48. The average molecular weight is 280 g/mol. The van der Waals surface area contributed by atoms with Crippen molar-refractivity contribution in [1.82, 2.24) is 4.98 Å². The van der Waals surface area contributed by atoms with Crippen LogP contribution in [0.1, 0.15) is 16.1 Å². The van der Waals surface area contributed by atoms with Gasteiger partial charge < -0.3 is 9.84 Å². The number of nitrogens with zero attached hydrogens (tertiary/aromatic N) is 2. The molecular weight excluding hydrogens is 272 g/mol. The van der Waals surface area contributed by atoms with Gasteiger partial charge in [-0.3, -0.25) is 10.1 Å². The van der Waals surface area contributed by atoms with Gasteiger partial charge in [-0.25, -0.2) is 9.78 Å². The number of carboxylic acid groups (broad SMARTS) is 1. The van der Waals surface area contributed by atoms with E-state index >= 15 is 0 Å². The lowest BCUT2D eigenvalue weighted by Gasteiger charge is -2.07. The van der Waals surface area contributed by atoms with E-state index in [1.54, 1.807) is 10.9 Å². The van der Waals surface area contributed by atoms with Gasteiger partial charge in [-0.05, 0) is 6.07 Å². The first kappa shape index (κ1) is 13.0. The molecule has 0 bridgehead atoms. The molecule has 19 heavy (non-hydrogen) atoms.